The summed E-state index contributed by atoms with van der Waals surface area (Å²) in [5.41, 5.74) is 2.40. The zero-order valence-electron chi connectivity index (χ0n) is 15.9. The van der Waals surface area contributed by atoms with Gasteiger partial charge in [-0.25, -0.2) is 19.2 Å². The molecule has 1 saturated carbocycles. The van der Waals surface area contributed by atoms with Gasteiger partial charge in [-0.15, -0.1) is 0 Å². The number of aromatic amines is 1. The van der Waals surface area contributed by atoms with Crippen LogP contribution in [0.5, 0.6) is 0 Å². The number of H-pyrrole nitrogens is 1. The second-order valence-electron chi connectivity index (χ2n) is 7.90. The van der Waals surface area contributed by atoms with Crippen LogP contribution < -0.4 is 5.56 Å². The summed E-state index contributed by atoms with van der Waals surface area (Å²) in [7, 11) is 0. The maximum Gasteiger partial charge on any atom is 0.262 e. The first-order valence-electron chi connectivity index (χ1n) is 10.1. The van der Waals surface area contributed by atoms with Crippen molar-refractivity contribution in [3.05, 3.63) is 52.6 Å². The molecule has 9 nitrogen and oxygen atoms in total. The number of ether oxygens (including phenoxy) is 1. The zero-order valence-corrected chi connectivity index (χ0v) is 15.9. The third kappa shape index (κ3) is 2.68. The Balaban J connectivity index is 1.38. The Kier molecular flexibility index (Phi) is 3.77. The summed E-state index contributed by atoms with van der Waals surface area (Å²) in [6.45, 7) is 1.43. The van der Waals surface area contributed by atoms with Crippen LogP contribution in [0.4, 0.5) is 0 Å². The molecule has 1 aliphatic carbocycles. The van der Waals surface area contributed by atoms with E-state index in [-0.39, 0.29) is 23.4 Å². The van der Waals surface area contributed by atoms with Crippen LogP contribution in [-0.2, 0) is 4.74 Å². The smallest absolute Gasteiger partial charge is 0.262 e. The fourth-order valence-electron chi connectivity index (χ4n) is 4.53. The highest BCUT2D eigenvalue weighted by molar-refractivity contribution is 5.73. The lowest BCUT2D eigenvalue weighted by Crippen LogP contribution is -2.27. The van der Waals surface area contributed by atoms with E-state index in [9.17, 15) is 4.79 Å². The highest BCUT2D eigenvalue weighted by atomic mass is 16.5. The monoisotopic (exact) mass is 391 g/mol. The minimum absolute atomic E-state index is 0.120. The maximum atomic E-state index is 12.7. The Hall–Kier alpha value is -3.07. The molecule has 4 aromatic rings. The predicted molar refractivity (Wildman–Crippen MR) is 105 cm³/mol. The van der Waals surface area contributed by atoms with Gasteiger partial charge in [-0.05, 0) is 37.8 Å². The van der Waals surface area contributed by atoms with E-state index in [1.54, 1.807) is 16.9 Å². The molecule has 1 N–H and O–H groups in total. The number of hydrogen-bond donors (Lipinski definition) is 1. The predicted octanol–water partition coefficient (Wildman–Crippen LogP) is 2.17. The quantitative estimate of drug-likeness (QED) is 0.574. The second kappa shape index (κ2) is 6.48. The first kappa shape index (κ1) is 16.8. The van der Waals surface area contributed by atoms with Crippen molar-refractivity contribution < 1.29 is 4.74 Å². The van der Waals surface area contributed by atoms with Gasteiger partial charge < -0.3 is 9.72 Å². The van der Waals surface area contributed by atoms with Crippen LogP contribution in [0.2, 0.25) is 0 Å². The molecule has 1 saturated heterocycles. The van der Waals surface area contributed by atoms with Crippen molar-refractivity contribution in [2.24, 2.45) is 0 Å². The van der Waals surface area contributed by atoms with Crippen LogP contribution in [0.1, 0.15) is 55.1 Å². The lowest BCUT2D eigenvalue weighted by Gasteiger charge is -2.34. The molecule has 6 rings (SSSR count). The average Bonchev–Trinajstić information content (AvgIpc) is 3.32. The minimum atomic E-state index is -0.120. The van der Waals surface area contributed by atoms with E-state index in [1.807, 2.05) is 23.0 Å². The van der Waals surface area contributed by atoms with E-state index in [0.717, 1.165) is 42.8 Å². The van der Waals surface area contributed by atoms with Crippen LogP contribution in [0.3, 0.4) is 0 Å². The molecule has 148 valence electrons. The molecule has 2 aliphatic rings. The lowest BCUT2D eigenvalue weighted by atomic mass is 9.71. The first-order chi connectivity index (χ1) is 14.3. The van der Waals surface area contributed by atoms with Crippen molar-refractivity contribution in [1.82, 2.24) is 34.3 Å². The lowest BCUT2D eigenvalue weighted by molar-refractivity contribution is 0.0673. The third-order valence-corrected chi connectivity index (χ3v) is 6.28. The molecular formula is C20H21N7O2. The number of nitrogens with zero attached hydrogens (tertiary/aromatic N) is 6. The van der Waals surface area contributed by atoms with Gasteiger partial charge in [0, 0.05) is 31.2 Å². The van der Waals surface area contributed by atoms with Crippen LogP contribution in [0, 0.1) is 0 Å². The molecular weight excluding hydrogens is 370 g/mol. The minimum Gasteiger partial charge on any atom is -0.381 e. The number of nitrogens with one attached hydrogen (secondary N) is 1. The normalized spacial score (nSPS) is 22.9. The Morgan fingerprint density at radius 1 is 1.07 bits per heavy atom. The van der Waals surface area contributed by atoms with Gasteiger partial charge in [-0.2, -0.15) is 10.2 Å². The molecule has 1 aliphatic heterocycles. The Labute approximate surface area is 165 Å². The highest BCUT2D eigenvalue weighted by Gasteiger charge is 2.37. The molecule has 0 radical (unpaired) electrons. The van der Waals surface area contributed by atoms with Gasteiger partial charge in [0.1, 0.15) is 11.2 Å². The van der Waals surface area contributed by atoms with E-state index >= 15 is 0 Å². The van der Waals surface area contributed by atoms with Gasteiger partial charge in [-0.1, -0.05) is 0 Å². The van der Waals surface area contributed by atoms with Crippen molar-refractivity contribution in [2.75, 3.05) is 13.2 Å². The van der Waals surface area contributed by atoms with Gasteiger partial charge in [0.25, 0.3) is 5.56 Å². The van der Waals surface area contributed by atoms with Crippen molar-refractivity contribution in [3.8, 4) is 0 Å². The van der Waals surface area contributed by atoms with Gasteiger partial charge in [0.15, 0.2) is 11.3 Å². The fraction of sp³-hybridized carbons (Fsp3) is 0.450. The average molecular weight is 391 g/mol. The zero-order chi connectivity index (χ0) is 19.4. The van der Waals surface area contributed by atoms with Crippen LogP contribution in [0.15, 0.2) is 35.5 Å². The summed E-state index contributed by atoms with van der Waals surface area (Å²) in [5.74, 6) is 1.12. The first-order valence-corrected chi connectivity index (χ1v) is 10.1. The molecule has 2 fully saturated rings. The summed E-state index contributed by atoms with van der Waals surface area (Å²) in [6.07, 6.45) is 9.14. The topological polar surface area (TPSA) is 103 Å². The number of rotatable bonds is 3. The van der Waals surface area contributed by atoms with Crippen molar-refractivity contribution in [2.45, 2.75) is 43.6 Å². The largest absolute Gasteiger partial charge is 0.381 e. The van der Waals surface area contributed by atoms with Crippen LogP contribution in [0.25, 0.3) is 16.7 Å². The Bertz CT molecular complexity index is 1220. The van der Waals surface area contributed by atoms with Gasteiger partial charge in [0.2, 0.25) is 0 Å². The molecule has 0 amide bonds. The standard InChI is InChI=1S/C20H21N7O2/c28-20-15-10-22-27(12-5-8-29-9-6-12)19(15)24-18(25-20)14-4-3-13(14)16-11-26-17(23-16)2-1-7-21-26/h1-2,7,10-14H,3-6,8-9H2,(H,24,25,28). The van der Waals surface area contributed by atoms with Gasteiger partial charge in [0.05, 0.1) is 24.1 Å². The summed E-state index contributed by atoms with van der Waals surface area (Å²) in [6, 6.07) is 4.06. The molecule has 2 atom stereocenters. The highest BCUT2D eigenvalue weighted by Crippen LogP contribution is 2.47. The number of aromatic nitrogens is 7. The summed E-state index contributed by atoms with van der Waals surface area (Å²) in [5, 5.41) is 9.34. The van der Waals surface area contributed by atoms with Crippen LogP contribution >= 0.6 is 0 Å². The van der Waals surface area contributed by atoms with E-state index in [1.165, 1.54) is 0 Å². The molecule has 0 aromatic carbocycles. The third-order valence-electron chi connectivity index (χ3n) is 6.28. The van der Waals surface area contributed by atoms with Crippen molar-refractivity contribution in [1.29, 1.82) is 0 Å². The van der Waals surface area contributed by atoms with E-state index in [0.29, 0.717) is 24.2 Å². The Morgan fingerprint density at radius 2 is 1.93 bits per heavy atom. The van der Waals surface area contributed by atoms with Gasteiger partial charge in [-0.3, -0.25) is 4.79 Å². The second-order valence-corrected chi connectivity index (χ2v) is 7.90. The molecule has 0 bridgehead atoms. The van der Waals surface area contributed by atoms with Crippen LogP contribution in [-0.4, -0.2) is 47.6 Å². The number of fused-ring (bicyclic) bond motifs is 2. The molecule has 2 unspecified atom stereocenters. The molecule has 0 spiro atoms. The summed E-state index contributed by atoms with van der Waals surface area (Å²) >= 11 is 0. The Morgan fingerprint density at radius 3 is 2.72 bits per heavy atom. The number of hydrogen-bond acceptors (Lipinski definition) is 6. The van der Waals surface area contributed by atoms with E-state index < -0.39 is 0 Å². The molecule has 4 aromatic heterocycles. The number of imidazole rings is 1. The summed E-state index contributed by atoms with van der Waals surface area (Å²) in [4.78, 5) is 25.3. The molecule has 5 heterocycles. The van der Waals surface area contributed by atoms with Crippen molar-refractivity contribution in [3.63, 3.8) is 0 Å². The molecule has 29 heavy (non-hydrogen) atoms. The summed E-state index contributed by atoms with van der Waals surface area (Å²) < 4.78 is 9.18. The maximum absolute atomic E-state index is 12.7. The van der Waals surface area contributed by atoms with E-state index in [2.05, 4.69) is 15.2 Å². The fourth-order valence-corrected chi connectivity index (χ4v) is 4.53. The SMILES string of the molecule is O=c1[nH]c(C2CCC2c2cn3ncccc3n2)nc2c1cnn2C1CCOCC1. The van der Waals surface area contributed by atoms with E-state index in [4.69, 9.17) is 14.7 Å². The molecule has 9 heteroatoms. The van der Waals surface area contributed by atoms with Crippen molar-refractivity contribution >= 4 is 16.7 Å². The van der Waals surface area contributed by atoms with Gasteiger partial charge >= 0.3 is 0 Å².